The Morgan fingerprint density at radius 3 is 2.83 bits per heavy atom. The zero-order valence-electron chi connectivity index (χ0n) is 17.5. The maximum absolute atomic E-state index is 13.4. The molecule has 0 radical (unpaired) electrons. The molecule has 2 aromatic rings. The van der Waals surface area contributed by atoms with E-state index in [2.05, 4.69) is 39.5 Å². The highest BCUT2D eigenvalue weighted by Gasteiger charge is 2.22. The second kappa shape index (κ2) is 10.8. The molecule has 1 unspecified atom stereocenters. The predicted octanol–water partition coefficient (Wildman–Crippen LogP) is 4.20. The van der Waals surface area contributed by atoms with Gasteiger partial charge in [0.25, 0.3) is 0 Å². The normalized spacial score (nSPS) is 17.2. The van der Waals surface area contributed by atoms with Crippen LogP contribution in [0.25, 0.3) is 0 Å². The van der Waals surface area contributed by atoms with E-state index in [0.717, 1.165) is 54.6 Å². The summed E-state index contributed by atoms with van der Waals surface area (Å²) >= 11 is 0. The Hall–Kier alpha value is -1.84. The van der Waals surface area contributed by atoms with E-state index in [-0.39, 0.29) is 35.8 Å². The average Bonchev–Trinajstić information content (AvgIpc) is 3.15. The number of aliphatic imine (C=N–C) groups is 1. The molecule has 0 aliphatic carbocycles. The molecular weight excluding hydrogens is 484 g/mol. The predicted molar refractivity (Wildman–Crippen MR) is 126 cm³/mol. The first-order valence-corrected chi connectivity index (χ1v) is 9.90. The number of halogens is 2. The van der Waals surface area contributed by atoms with Crippen molar-refractivity contribution in [2.24, 2.45) is 4.99 Å². The molecule has 29 heavy (non-hydrogen) atoms. The van der Waals surface area contributed by atoms with Crippen molar-refractivity contribution in [1.82, 2.24) is 15.8 Å². The molecule has 1 aromatic carbocycles. The van der Waals surface area contributed by atoms with Gasteiger partial charge < -0.3 is 20.1 Å². The van der Waals surface area contributed by atoms with Crippen LogP contribution in [0, 0.1) is 12.7 Å². The smallest absolute Gasteiger partial charge is 0.191 e. The minimum atomic E-state index is -0.189. The number of benzene rings is 1. The van der Waals surface area contributed by atoms with E-state index in [0.29, 0.717) is 12.5 Å². The Bertz CT molecular complexity index is 823. The third-order valence-corrected chi connectivity index (χ3v) is 5.08. The molecule has 3 rings (SSSR count). The molecule has 0 spiro atoms. The Balaban J connectivity index is 0.00000300. The molecule has 1 aliphatic heterocycles. The third kappa shape index (κ3) is 6.32. The highest BCUT2D eigenvalue weighted by atomic mass is 127. The van der Waals surface area contributed by atoms with Crippen molar-refractivity contribution in [3.05, 3.63) is 47.1 Å². The molecule has 1 atom stereocenters. The fraction of sp³-hybridized carbons (Fsp3) is 0.524. The van der Waals surface area contributed by atoms with E-state index in [1.165, 1.54) is 6.07 Å². The lowest BCUT2D eigenvalue weighted by Crippen LogP contribution is -2.51. The Kier molecular flexibility index (Phi) is 8.73. The molecule has 1 saturated heterocycles. The largest absolute Gasteiger partial charge is 0.369 e. The summed E-state index contributed by atoms with van der Waals surface area (Å²) in [6.07, 6.45) is 2.14. The van der Waals surface area contributed by atoms with E-state index in [1.807, 2.05) is 19.1 Å². The van der Waals surface area contributed by atoms with Gasteiger partial charge in [-0.05, 0) is 49.4 Å². The average molecular weight is 515 g/mol. The summed E-state index contributed by atoms with van der Waals surface area (Å²) in [5, 5.41) is 10.9. The van der Waals surface area contributed by atoms with Gasteiger partial charge >= 0.3 is 0 Å². The minimum absolute atomic E-state index is 0. The Morgan fingerprint density at radius 2 is 2.17 bits per heavy atom. The van der Waals surface area contributed by atoms with Gasteiger partial charge in [0.05, 0.1) is 12.2 Å². The van der Waals surface area contributed by atoms with E-state index < -0.39 is 0 Å². The molecule has 160 valence electrons. The van der Waals surface area contributed by atoms with Crippen molar-refractivity contribution in [2.45, 2.75) is 52.1 Å². The SMILES string of the molecule is CN=C(NCc1cc(C(C)C)no1)NC1CCCN(c2ccc(F)cc2C)C1.I. The van der Waals surface area contributed by atoms with Crippen LogP contribution >= 0.6 is 24.0 Å². The van der Waals surface area contributed by atoms with Gasteiger partial charge in [0.1, 0.15) is 5.82 Å². The molecule has 2 heterocycles. The first kappa shape index (κ1) is 23.4. The summed E-state index contributed by atoms with van der Waals surface area (Å²) in [5.41, 5.74) is 3.02. The second-order valence-electron chi connectivity index (χ2n) is 7.66. The number of nitrogens with one attached hydrogen (secondary N) is 2. The van der Waals surface area contributed by atoms with Crippen LogP contribution in [-0.2, 0) is 6.54 Å². The molecule has 2 N–H and O–H groups in total. The van der Waals surface area contributed by atoms with E-state index in [1.54, 1.807) is 13.1 Å². The summed E-state index contributed by atoms with van der Waals surface area (Å²) in [6, 6.07) is 7.24. The number of anilines is 1. The number of guanidine groups is 1. The molecule has 6 nitrogen and oxygen atoms in total. The minimum Gasteiger partial charge on any atom is -0.369 e. The van der Waals surface area contributed by atoms with Gasteiger partial charge in [-0.2, -0.15) is 0 Å². The van der Waals surface area contributed by atoms with Gasteiger partial charge in [0, 0.05) is 37.9 Å². The number of piperidine rings is 1. The van der Waals surface area contributed by atoms with Crippen molar-refractivity contribution < 1.29 is 8.91 Å². The van der Waals surface area contributed by atoms with Gasteiger partial charge in [-0.15, -0.1) is 24.0 Å². The van der Waals surface area contributed by atoms with Gasteiger partial charge in [-0.25, -0.2) is 4.39 Å². The lowest BCUT2D eigenvalue weighted by atomic mass is 10.0. The molecular formula is C21H31FIN5O. The van der Waals surface area contributed by atoms with Crippen LogP contribution in [0.5, 0.6) is 0 Å². The highest BCUT2D eigenvalue weighted by Crippen LogP contribution is 2.24. The van der Waals surface area contributed by atoms with Crippen molar-refractivity contribution >= 4 is 35.6 Å². The fourth-order valence-corrected chi connectivity index (χ4v) is 3.53. The van der Waals surface area contributed by atoms with Crippen LogP contribution in [-0.4, -0.2) is 37.3 Å². The molecule has 0 saturated carbocycles. The van der Waals surface area contributed by atoms with Crippen LogP contribution in [0.4, 0.5) is 10.1 Å². The number of hydrogen-bond donors (Lipinski definition) is 2. The first-order chi connectivity index (χ1) is 13.5. The van der Waals surface area contributed by atoms with E-state index >= 15 is 0 Å². The summed E-state index contributed by atoms with van der Waals surface area (Å²) in [5.74, 6) is 1.69. The van der Waals surface area contributed by atoms with Crippen LogP contribution < -0.4 is 15.5 Å². The quantitative estimate of drug-likeness (QED) is 0.355. The zero-order valence-corrected chi connectivity index (χ0v) is 19.9. The van der Waals surface area contributed by atoms with Gasteiger partial charge in [0.15, 0.2) is 11.7 Å². The topological polar surface area (TPSA) is 65.7 Å². The molecule has 8 heteroatoms. The summed E-state index contributed by atoms with van der Waals surface area (Å²) < 4.78 is 18.8. The van der Waals surface area contributed by atoms with Crippen LogP contribution in [0.15, 0.2) is 33.8 Å². The molecule has 1 fully saturated rings. The Morgan fingerprint density at radius 1 is 1.38 bits per heavy atom. The number of aryl methyl sites for hydroxylation is 1. The molecule has 0 amide bonds. The molecule has 1 aliphatic rings. The van der Waals surface area contributed by atoms with Crippen molar-refractivity contribution in [3.63, 3.8) is 0 Å². The van der Waals surface area contributed by atoms with Crippen LogP contribution in [0.3, 0.4) is 0 Å². The lowest BCUT2D eigenvalue weighted by molar-refractivity contribution is 0.371. The Labute approximate surface area is 189 Å². The van der Waals surface area contributed by atoms with Crippen LogP contribution in [0.1, 0.15) is 49.6 Å². The number of rotatable bonds is 5. The maximum atomic E-state index is 13.4. The third-order valence-electron chi connectivity index (χ3n) is 5.08. The maximum Gasteiger partial charge on any atom is 0.191 e. The van der Waals surface area contributed by atoms with Crippen molar-refractivity contribution in [1.29, 1.82) is 0 Å². The first-order valence-electron chi connectivity index (χ1n) is 9.90. The van der Waals surface area contributed by atoms with Gasteiger partial charge in [-0.3, -0.25) is 4.99 Å². The monoisotopic (exact) mass is 515 g/mol. The lowest BCUT2D eigenvalue weighted by Gasteiger charge is -2.36. The summed E-state index contributed by atoms with van der Waals surface area (Å²) in [4.78, 5) is 6.64. The molecule has 1 aromatic heterocycles. The van der Waals surface area contributed by atoms with Crippen LogP contribution in [0.2, 0.25) is 0 Å². The standard InChI is InChI=1S/C21H30FN5O.HI/c1-14(2)19-11-18(28-26-19)12-24-21(23-4)25-17-6-5-9-27(13-17)20-8-7-16(22)10-15(20)3;/h7-8,10-11,14,17H,5-6,9,12-13H2,1-4H3,(H2,23,24,25);1H. The fourth-order valence-electron chi connectivity index (χ4n) is 3.53. The van der Waals surface area contributed by atoms with Gasteiger partial charge in [0.2, 0.25) is 0 Å². The summed E-state index contributed by atoms with van der Waals surface area (Å²) in [6.45, 7) is 8.51. The van der Waals surface area contributed by atoms with E-state index in [4.69, 9.17) is 4.52 Å². The second-order valence-corrected chi connectivity index (χ2v) is 7.66. The number of nitrogens with zero attached hydrogens (tertiary/aromatic N) is 3. The van der Waals surface area contributed by atoms with Gasteiger partial charge in [-0.1, -0.05) is 19.0 Å². The van der Waals surface area contributed by atoms with Crippen molar-refractivity contribution in [2.75, 3.05) is 25.0 Å². The molecule has 0 bridgehead atoms. The van der Waals surface area contributed by atoms with Crippen molar-refractivity contribution in [3.8, 4) is 0 Å². The zero-order chi connectivity index (χ0) is 20.1. The number of hydrogen-bond acceptors (Lipinski definition) is 4. The summed E-state index contributed by atoms with van der Waals surface area (Å²) in [7, 11) is 1.76. The highest BCUT2D eigenvalue weighted by molar-refractivity contribution is 14.0. The number of aromatic nitrogens is 1. The van der Waals surface area contributed by atoms with E-state index in [9.17, 15) is 4.39 Å².